The van der Waals surface area contributed by atoms with Crippen molar-refractivity contribution in [3.8, 4) is 11.8 Å². The molecule has 1 fully saturated rings. The van der Waals surface area contributed by atoms with Crippen molar-refractivity contribution in [2.75, 3.05) is 6.54 Å². The zero-order valence-corrected chi connectivity index (χ0v) is 12.9. The fourth-order valence-corrected chi connectivity index (χ4v) is 2.23. The summed E-state index contributed by atoms with van der Waals surface area (Å²) in [6.07, 6.45) is 0.299. The molecule has 1 aliphatic rings. The lowest BCUT2D eigenvalue weighted by Crippen LogP contribution is -2.44. The molecule has 120 valence electrons. The van der Waals surface area contributed by atoms with Gasteiger partial charge in [0, 0.05) is 20.3 Å². The van der Waals surface area contributed by atoms with E-state index in [1.54, 1.807) is 24.3 Å². The van der Waals surface area contributed by atoms with Gasteiger partial charge in [0.05, 0.1) is 12.6 Å². The maximum absolute atomic E-state index is 12.3. The first kappa shape index (κ1) is 16.5. The van der Waals surface area contributed by atoms with E-state index in [0.29, 0.717) is 18.7 Å². The molecule has 0 spiro atoms. The minimum atomic E-state index is -0.717. The minimum absolute atomic E-state index is 0.268. The molecule has 1 unspecified atom stereocenters. The van der Waals surface area contributed by atoms with Crippen LogP contribution in [0.1, 0.15) is 19.4 Å². The van der Waals surface area contributed by atoms with E-state index in [9.17, 15) is 14.4 Å². The van der Waals surface area contributed by atoms with Crippen molar-refractivity contribution in [2.24, 2.45) is 0 Å². The number of hydrogen-bond acceptors (Lipinski definition) is 5. The molecule has 1 N–H and O–H groups in total. The predicted octanol–water partition coefficient (Wildman–Crippen LogP) is 0.393. The molecule has 1 aliphatic heterocycles. The first-order valence-electron chi connectivity index (χ1n) is 7.15. The van der Waals surface area contributed by atoms with Crippen molar-refractivity contribution in [1.29, 1.82) is 5.26 Å². The highest BCUT2D eigenvalue weighted by atomic mass is 16.5. The standard InChI is InChI=1S/C16H17N3O4/c1-10(20)18-15(16(22)19-9-13(19)8-17)7-12-3-5-14(6-4-12)23-11(2)21/h3-6,13,15H,7,9H2,1-2H3,(H,18,20)/t13?,15-,19?/m0/s1. The molecule has 2 atom stereocenters. The molecule has 1 saturated heterocycles. The number of nitriles is 1. The Kier molecular flexibility index (Phi) is 4.96. The molecule has 7 heteroatoms. The Morgan fingerprint density at radius 3 is 2.48 bits per heavy atom. The lowest BCUT2D eigenvalue weighted by Gasteiger charge is -2.17. The smallest absolute Gasteiger partial charge is 0.308 e. The van der Waals surface area contributed by atoms with Gasteiger partial charge < -0.3 is 15.0 Å². The fourth-order valence-electron chi connectivity index (χ4n) is 2.23. The number of nitrogens with zero attached hydrogens (tertiary/aromatic N) is 2. The Labute approximate surface area is 133 Å². The number of benzene rings is 1. The van der Waals surface area contributed by atoms with E-state index < -0.39 is 18.1 Å². The number of hydrogen-bond donors (Lipinski definition) is 1. The van der Waals surface area contributed by atoms with Gasteiger partial charge in [0.1, 0.15) is 17.8 Å². The summed E-state index contributed by atoms with van der Waals surface area (Å²) in [5.74, 6) is -0.571. The van der Waals surface area contributed by atoms with Gasteiger partial charge >= 0.3 is 5.97 Å². The van der Waals surface area contributed by atoms with Crippen LogP contribution >= 0.6 is 0 Å². The van der Waals surface area contributed by atoms with Gasteiger partial charge in [0.15, 0.2) is 0 Å². The molecule has 1 heterocycles. The molecule has 2 amide bonds. The molecule has 1 aromatic carbocycles. The van der Waals surface area contributed by atoms with Crippen LogP contribution in [0.4, 0.5) is 0 Å². The highest BCUT2D eigenvalue weighted by Crippen LogP contribution is 2.20. The molecule has 0 bridgehead atoms. The van der Waals surface area contributed by atoms with Crippen LogP contribution in [-0.2, 0) is 20.8 Å². The molecular weight excluding hydrogens is 298 g/mol. The van der Waals surface area contributed by atoms with Gasteiger partial charge in [-0.25, -0.2) is 0 Å². The summed E-state index contributed by atoms with van der Waals surface area (Å²) in [4.78, 5) is 35.9. The number of ether oxygens (including phenoxy) is 1. The Hall–Kier alpha value is -2.88. The maximum atomic E-state index is 12.3. The second-order valence-corrected chi connectivity index (χ2v) is 5.33. The van der Waals surface area contributed by atoms with Crippen molar-refractivity contribution in [2.45, 2.75) is 32.4 Å². The third-order valence-electron chi connectivity index (χ3n) is 3.34. The first-order valence-corrected chi connectivity index (χ1v) is 7.15. The Balaban J connectivity index is 2.05. The van der Waals surface area contributed by atoms with Gasteiger partial charge in [-0.15, -0.1) is 0 Å². The number of carbonyl (C=O) groups is 3. The number of carbonyl (C=O) groups excluding carboxylic acids is 3. The van der Waals surface area contributed by atoms with Crippen LogP contribution in [0.2, 0.25) is 0 Å². The maximum Gasteiger partial charge on any atom is 0.308 e. The van der Waals surface area contributed by atoms with Crippen molar-refractivity contribution in [3.05, 3.63) is 29.8 Å². The van der Waals surface area contributed by atoms with Gasteiger partial charge in [0.2, 0.25) is 11.8 Å². The average molecular weight is 315 g/mol. The number of rotatable bonds is 5. The summed E-state index contributed by atoms with van der Waals surface area (Å²) < 4.78 is 4.94. The van der Waals surface area contributed by atoms with E-state index in [1.807, 2.05) is 6.07 Å². The zero-order chi connectivity index (χ0) is 17.0. The number of amides is 2. The number of esters is 1. The van der Waals surface area contributed by atoms with Gasteiger partial charge in [0.25, 0.3) is 0 Å². The normalized spacial score (nSPS) is 16.9. The highest BCUT2D eigenvalue weighted by molar-refractivity contribution is 5.89. The van der Waals surface area contributed by atoms with Crippen molar-refractivity contribution < 1.29 is 19.1 Å². The van der Waals surface area contributed by atoms with Crippen LogP contribution in [0.3, 0.4) is 0 Å². The SMILES string of the molecule is CC(=O)N[C@@H](Cc1ccc(OC(C)=O)cc1)C(=O)N1CC1C#N. The number of nitrogens with one attached hydrogen (secondary N) is 1. The second-order valence-electron chi connectivity index (χ2n) is 5.33. The summed E-state index contributed by atoms with van der Waals surface area (Å²) in [7, 11) is 0. The van der Waals surface area contributed by atoms with Crippen LogP contribution in [-0.4, -0.2) is 41.3 Å². The first-order chi connectivity index (χ1) is 10.9. The molecule has 7 nitrogen and oxygen atoms in total. The van der Waals surface area contributed by atoms with Crippen LogP contribution in [0.5, 0.6) is 5.75 Å². The van der Waals surface area contributed by atoms with Crippen LogP contribution in [0.15, 0.2) is 24.3 Å². The average Bonchev–Trinajstić information content (AvgIpc) is 3.26. The van der Waals surface area contributed by atoms with E-state index in [0.717, 1.165) is 5.56 Å². The highest BCUT2D eigenvalue weighted by Gasteiger charge is 2.41. The Morgan fingerprint density at radius 2 is 2.00 bits per heavy atom. The van der Waals surface area contributed by atoms with E-state index in [1.165, 1.54) is 18.7 Å². The van der Waals surface area contributed by atoms with Crippen molar-refractivity contribution in [1.82, 2.24) is 10.2 Å². The monoisotopic (exact) mass is 315 g/mol. The lowest BCUT2D eigenvalue weighted by molar-refractivity contribution is -0.132. The summed E-state index contributed by atoms with van der Waals surface area (Å²) in [5, 5.41) is 11.4. The zero-order valence-electron chi connectivity index (χ0n) is 12.9. The summed E-state index contributed by atoms with van der Waals surface area (Å²) in [6.45, 7) is 3.06. The Morgan fingerprint density at radius 1 is 1.35 bits per heavy atom. The van der Waals surface area contributed by atoms with Crippen molar-refractivity contribution >= 4 is 17.8 Å². The molecule has 0 aromatic heterocycles. The van der Waals surface area contributed by atoms with Gasteiger partial charge in [-0.05, 0) is 17.7 Å². The molecule has 0 saturated carbocycles. The topological polar surface area (TPSA) is 99.3 Å². The molecule has 1 aromatic rings. The molecule has 0 aliphatic carbocycles. The Bertz CT molecular complexity index is 663. The van der Waals surface area contributed by atoms with E-state index >= 15 is 0 Å². The van der Waals surface area contributed by atoms with Crippen molar-refractivity contribution in [3.63, 3.8) is 0 Å². The van der Waals surface area contributed by atoms with Crippen LogP contribution in [0.25, 0.3) is 0 Å². The lowest BCUT2D eigenvalue weighted by atomic mass is 10.0. The third kappa shape index (κ3) is 4.54. The van der Waals surface area contributed by atoms with Gasteiger partial charge in [-0.2, -0.15) is 5.26 Å². The van der Waals surface area contributed by atoms with Gasteiger partial charge in [-0.1, -0.05) is 12.1 Å². The summed E-state index contributed by atoms with van der Waals surface area (Å²) in [6, 6.07) is 7.60. The minimum Gasteiger partial charge on any atom is -0.427 e. The summed E-state index contributed by atoms with van der Waals surface area (Å²) in [5.41, 5.74) is 0.809. The third-order valence-corrected chi connectivity index (χ3v) is 3.34. The quantitative estimate of drug-likeness (QED) is 0.481. The van der Waals surface area contributed by atoms with E-state index in [-0.39, 0.29) is 11.8 Å². The largest absolute Gasteiger partial charge is 0.427 e. The van der Waals surface area contributed by atoms with E-state index in [2.05, 4.69) is 5.32 Å². The molecular formula is C16H17N3O4. The van der Waals surface area contributed by atoms with E-state index in [4.69, 9.17) is 10.00 Å². The predicted molar refractivity (Wildman–Crippen MR) is 80.2 cm³/mol. The molecule has 0 radical (unpaired) electrons. The summed E-state index contributed by atoms with van der Waals surface area (Å²) >= 11 is 0. The van der Waals surface area contributed by atoms with Gasteiger partial charge in [-0.3, -0.25) is 14.4 Å². The molecule has 23 heavy (non-hydrogen) atoms. The fraction of sp³-hybridized carbons (Fsp3) is 0.375. The van der Waals surface area contributed by atoms with Crippen LogP contribution < -0.4 is 10.1 Å². The van der Waals surface area contributed by atoms with Crippen LogP contribution in [0, 0.1) is 11.3 Å². The molecule has 2 rings (SSSR count). The second kappa shape index (κ2) is 6.92.